The predicted octanol–water partition coefficient (Wildman–Crippen LogP) is 3.99. The Balaban J connectivity index is 1.27. The molecule has 4 aromatic rings. The van der Waals surface area contributed by atoms with E-state index >= 15 is 0 Å². The van der Waals surface area contributed by atoms with Crippen LogP contribution in [-0.2, 0) is 23.1 Å². The maximum Gasteiger partial charge on any atom is 0.264 e. The summed E-state index contributed by atoms with van der Waals surface area (Å²) < 4.78 is 50.8. The molecule has 8 nitrogen and oxygen atoms in total. The van der Waals surface area contributed by atoms with Crippen LogP contribution in [0.3, 0.4) is 0 Å². The van der Waals surface area contributed by atoms with Crippen LogP contribution >= 0.6 is 11.3 Å². The molecule has 0 saturated heterocycles. The number of carbonyl (C=O) groups is 1. The lowest BCUT2D eigenvalue weighted by atomic mass is 9.87. The van der Waals surface area contributed by atoms with E-state index < -0.39 is 22.0 Å². The van der Waals surface area contributed by atoms with Gasteiger partial charge in [-0.1, -0.05) is 12.1 Å². The molecule has 3 aromatic carbocycles. The number of nitrogens with one attached hydrogen (secondary N) is 1. The Morgan fingerprint density at radius 2 is 2.05 bits per heavy atom. The highest BCUT2D eigenvalue weighted by atomic mass is 32.2. The standard InChI is InChI=1S/C26H23FN2O6S2/c1-37(32,33)29-26(31)16-4-2-3-15(9-16)10-17-13-35-22-7-6-19(12-20(22)25(17)30)34-14-24-28-21-11-18(27)5-8-23(21)36-24/h2-9,11-12,17,25,30H,10,13-14H2,1H3,(H,29,31)/t17-,25-/m0/s1. The van der Waals surface area contributed by atoms with E-state index in [1.807, 2.05) is 10.8 Å². The lowest BCUT2D eigenvalue weighted by Crippen LogP contribution is -2.30. The minimum Gasteiger partial charge on any atom is -0.493 e. The van der Waals surface area contributed by atoms with E-state index in [1.165, 1.54) is 29.5 Å². The summed E-state index contributed by atoms with van der Waals surface area (Å²) in [5.41, 5.74) is 2.14. The van der Waals surface area contributed by atoms with Crippen molar-refractivity contribution in [3.63, 3.8) is 0 Å². The van der Waals surface area contributed by atoms with Gasteiger partial charge in [0, 0.05) is 23.1 Å². The number of hydrogen-bond acceptors (Lipinski definition) is 8. The summed E-state index contributed by atoms with van der Waals surface area (Å²) in [6.07, 6.45) is 0.486. The van der Waals surface area contributed by atoms with Crippen molar-refractivity contribution in [2.45, 2.75) is 19.1 Å². The van der Waals surface area contributed by atoms with Crippen molar-refractivity contribution in [3.8, 4) is 11.5 Å². The number of benzene rings is 3. The second-order valence-corrected chi connectivity index (χ2v) is 11.7. The molecular weight excluding hydrogens is 519 g/mol. The molecule has 1 aliphatic heterocycles. The molecule has 0 aliphatic carbocycles. The SMILES string of the molecule is CS(=O)(=O)NC(=O)c1cccc(C[C@H]2COc3ccc(OCc4nc5cc(F)ccc5s4)cc3[C@H]2O)c1. The number of sulfonamides is 1. The Hall–Kier alpha value is -3.54. The van der Waals surface area contributed by atoms with E-state index in [2.05, 4.69) is 4.98 Å². The molecule has 1 amide bonds. The average Bonchev–Trinajstić information content (AvgIpc) is 3.26. The van der Waals surface area contributed by atoms with Gasteiger partial charge in [0.05, 0.1) is 29.2 Å². The number of carbonyl (C=O) groups excluding carboxylic acids is 1. The van der Waals surface area contributed by atoms with Gasteiger partial charge in [-0.05, 0) is 54.4 Å². The van der Waals surface area contributed by atoms with E-state index in [-0.39, 0.29) is 30.5 Å². The molecule has 2 heterocycles. The molecule has 0 saturated carbocycles. The molecule has 11 heteroatoms. The summed E-state index contributed by atoms with van der Waals surface area (Å²) in [6.45, 7) is 0.471. The van der Waals surface area contributed by atoms with Gasteiger partial charge in [-0.3, -0.25) is 4.79 Å². The van der Waals surface area contributed by atoms with E-state index in [0.29, 0.717) is 34.0 Å². The average molecular weight is 543 g/mol. The number of thiazole rings is 1. The topological polar surface area (TPSA) is 115 Å². The van der Waals surface area contributed by atoms with Crippen LogP contribution in [-0.4, -0.2) is 37.3 Å². The van der Waals surface area contributed by atoms with Gasteiger partial charge in [-0.25, -0.2) is 22.5 Å². The summed E-state index contributed by atoms with van der Waals surface area (Å²) in [6, 6.07) is 16.3. The molecule has 1 aliphatic rings. The molecule has 0 fully saturated rings. The number of halogens is 1. The number of nitrogens with zero attached hydrogens (tertiary/aromatic N) is 1. The van der Waals surface area contributed by atoms with Gasteiger partial charge in [0.25, 0.3) is 5.91 Å². The number of amides is 1. The van der Waals surface area contributed by atoms with Crippen LogP contribution in [0.25, 0.3) is 10.2 Å². The zero-order valence-electron chi connectivity index (χ0n) is 19.7. The number of rotatable bonds is 7. The third kappa shape index (κ3) is 5.90. The molecular formula is C26H23FN2O6S2. The molecule has 0 radical (unpaired) electrons. The Kier molecular flexibility index (Phi) is 6.84. The number of aromatic nitrogens is 1. The van der Waals surface area contributed by atoms with Crippen molar-refractivity contribution < 1.29 is 32.2 Å². The molecule has 0 unspecified atom stereocenters. The van der Waals surface area contributed by atoms with E-state index in [1.54, 1.807) is 36.4 Å². The Labute approximate surface area is 216 Å². The molecule has 192 valence electrons. The molecule has 2 N–H and O–H groups in total. The normalized spacial score (nSPS) is 17.2. The first-order valence-electron chi connectivity index (χ1n) is 11.4. The van der Waals surface area contributed by atoms with Gasteiger partial charge in [-0.2, -0.15) is 0 Å². The maximum atomic E-state index is 13.4. The number of fused-ring (bicyclic) bond motifs is 2. The van der Waals surface area contributed by atoms with Gasteiger partial charge in [0.1, 0.15) is 28.9 Å². The van der Waals surface area contributed by atoms with Crippen LogP contribution in [0, 0.1) is 11.7 Å². The monoisotopic (exact) mass is 542 g/mol. The van der Waals surface area contributed by atoms with Crippen LogP contribution in [0.2, 0.25) is 0 Å². The van der Waals surface area contributed by atoms with Gasteiger partial charge < -0.3 is 14.6 Å². The van der Waals surface area contributed by atoms with Crippen LogP contribution in [0.4, 0.5) is 4.39 Å². The van der Waals surface area contributed by atoms with Crippen molar-refractivity contribution in [1.29, 1.82) is 0 Å². The summed E-state index contributed by atoms with van der Waals surface area (Å²) in [7, 11) is -3.68. The fraction of sp³-hybridized carbons (Fsp3) is 0.231. The van der Waals surface area contributed by atoms with Gasteiger partial charge in [0.15, 0.2) is 0 Å². The largest absolute Gasteiger partial charge is 0.493 e. The molecule has 1 aromatic heterocycles. The third-order valence-corrected chi connectivity index (χ3v) is 7.49. The van der Waals surface area contributed by atoms with Gasteiger partial charge in [0.2, 0.25) is 10.0 Å². The second-order valence-electron chi connectivity index (χ2n) is 8.83. The molecule has 37 heavy (non-hydrogen) atoms. The highest BCUT2D eigenvalue weighted by Crippen LogP contribution is 2.39. The van der Waals surface area contributed by atoms with E-state index in [4.69, 9.17) is 9.47 Å². The van der Waals surface area contributed by atoms with Crippen molar-refractivity contribution >= 4 is 37.5 Å². The van der Waals surface area contributed by atoms with Crippen molar-refractivity contribution in [2.75, 3.05) is 12.9 Å². The minimum atomic E-state index is -3.68. The molecule has 0 bridgehead atoms. The molecule has 5 rings (SSSR count). The predicted molar refractivity (Wildman–Crippen MR) is 137 cm³/mol. The number of hydrogen-bond donors (Lipinski definition) is 2. The Morgan fingerprint density at radius 3 is 2.86 bits per heavy atom. The number of ether oxygens (including phenoxy) is 2. The fourth-order valence-corrected chi connectivity index (χ4v) is 5.53. The first-order chi connectivity index (χ1) is 17.6. The zero-order valence-corrected chi connectivity index (χ0v) is 21.3. The minimum absolute atomic E-state index is 0.197. The van der Waals surface area contributed by atoms with Crippen LogP contribution < -0.4 is 14.2 Å². The highest BCUT2D eigenvalue weighted by Gasteiger charge is 2.30. The maximum absolute atomic E-state index is 13.4. The molecule has 2 atom stereocenters. The lowest BCUT2D eigenvalue weighted by molar-refractivity contribution is 0.0504. The zero-order chi connectivity index (χ0) is 26.2. The van der Waals surface area contributed by atoms with Crippen LogP contribution in [0.15, 0.2) is 60.7 Å². The summed E-state index contributed by atoms with van der Waals surface area (Å²) in [5.74, 6) is -0.252. The number of aliphatic hydroxyl groups is 1. The number of aliphatic hydroxyl groups excluding tert-OH is 1. The van der Waals surface area contributed by atoms with Crippen LogP contribution in [0.1, 0.15) is 32.6 Å². The highest BCUT2D eigenvalue weighted by molar-refractivity contribution is 7.89. The summed E-state index contributed by atoms with van der Waals surface area (Å²) >= 11 is 1.42. The van der Waals surface area contributed by atoms with Gasteiger partial charge >= 0.3 is 0 Å². The third-order valence-electron chi connectivity index (χ3n) is 5.92. The first-order valence-corrected chi connectivity index (χ1v) is 14.1. The molecule has 0 spiro atoms. The second kappa shape index (κ2) is 10.1. The quantitative estimate of drug-likeness (QED) is 0.363. The summed E-state index contributed by atoms with van der Waals surface area (Å²) in [4.78, 5) is 16.6. The van der Waals surface area contributed by atoms with Crippen molar-refractivity contribution in [1.82, 2.24) is 9.71 Å². The lowest BCUT2D eigenvalue weighted by Gasteiger charge is -2.30. The first kappa shape index (κ1) is 25.1. The Bertz CT molecular complexity index is 1590. The van der Waals surface area contributed by atoms with E-state index in [0.717, 1.165) is 16.5 Å². The fourth-order valence-electron chi connectivity index (χ4n) is 4.22. The van der Waals surface area contributed by atoms with E-state index in [9.17, 15) is 22.7 Å². The summed E-state index contributed by atoms with van der Waals surface area (Å²) in [5, 5.41) is 11.8. The Morgan fingerprint density at radius 1 is 1.22 bits per heavy atom. The smallest absolute Gasteiger partial charge is 0.264 e. The van der Waals surface area contributed by atoms with Crippen molar-refractivity contribution in [2.24, 2.45) is 5.92 Å². The van der Waals surface area contributed by atoms with Crippen LogP contribution in [0.5, 0.6) is 11.5 Å². The van der Waals surface area contributed by atoms with Crippen molar-refractivity contribution in [3.05, 3.63) is 88.2 Å². The van der Waals surface area contributed by atoms with Gasteiger partial charge in [-0.15, -0.1) is 11.3 Å².